The Morgan fingerprint density at radius 1 is 1.27 bits per heavy atom. The number of carboxylic acids is 1. The van der Waals surface area contributed by atoms with Crippen LogP contribution in [0, 0.1) is 5.92 Å². The van der Waals surface area contributed by atoms with Gasteiger partial charge in [0.15, 0.2) is 0 Å². The van der Waals surface area contributed by atoms with Crippen molar-refractivity contribution in [2.24, 2.45) is 5.92 Å². The first-order valence-corrected chi connectivity index (χ1v) is 8.46. The number of hydrogen-bond acceptors (Lipinski definition) is 3. The van der Waals surface area contributed by atoms with Gasteiger partial charge >= 0.3 is 5.97 Å². The van der Waals surface area contributed by atoms with Gasteiger partial charge in [-0.2, -0.15) is 0 Å². The van der Waals surface area contributed by atoms with Crippen LogP contribution < -0.4 is 5.32 Å². The summed E-state index contributed by atoms with van der Waals surface area (Å²) in [4.78, 5) is 13.4. The maximum absolute atomic E-state index is 11.3. The Bertz CT molecular complexity index is 639. The summed E-state index contributed by atoms with van der Waals surface area (Å²) in [5.74, 6) is -0.452. The zero-order valence-corrected chi connectivity index (χ0v) is 14.2. The van der Waals surface area contributed by atoms with Gasteiger partial charge in [-0.15, -0.1) is 11.3 Å². The molecule has 0 spiro atoms. The van der Waals surface area contributed by atoms with E-state index >= 15 is 0 Å². The molecule has 0 saturated heterocycles. The molecule has 0 fully saturated rings. The van der Waals surface area contributed by atoms with E-state index in [9.17, 15) is 9.90 Å². The zero-order chi connectivity index (χ0) is 16.1. The van der Waals surface area contributed by atoms with E-state index < -0.39 is 12.0 Å². The summed E-state index contributed by atoms with van der Waals surface area (Å²) < 4.78 is 0. The standard InChI is InChI=1S/C17H20ClNO2S/c1-11(2)9-15(17(20)21)19-10-12-7-8-16(22-12)13-5-3-4-6-14(13)18/h3-8,11,15,19H,9-10H2,1-2H3,(H,20,21). The fourth-order valence-electron chi connectivity index (χ4n) is 2.25. The minimum Gasteiger partial charge on any atom is -0.480 e. The minimum absolute atomic E-state index is 0.343. The molecule has 22 heavy (non-hydrogen) atoms. The van der Waals surface area contributed by atoms with Gasteiger partial charge in [0, 0.05) is 26.9 Å². The predicted molar refractivity (Wildman–Crippen MR) is 92.5 cm³/mol. The van der Waals surface area contributed by atoms with Crippen LogP contribution in [0.4, 0.5) is 0 Å². The van der Waals surface area contributed by atoms with Gasteiger partial charge in [-0.25, -0.2) is 0 Å². The molecule has 2 N–H and O–H groups in total. The number of nitrogens with one attached hydrogen (secondary N) is 1. The molecule has 3 nitrogen and oxygen atoms in total. The van der Waals surface area contributed by atoms with E-state index in [1.165, 1.54) is 0 Å². The maximum atomic E-state index is 11.3. The van der Waals surface area contributed by atoms with Crippen LogP contribution in [0.5, 0.6) is 0 Å². The van der Waals surface area contributed by atoms with E-state index in [0.29, 0.717) is 18.9 Å². The molecule has 1 aromatic heterocycles. The quantitative estimate of drug-likeness (QED) is 0.772. The largest absolute Gasteiger partial charge is 0.480 e. The van der Waals surface area contributed by atoms with Crippen molar-refractivity contribution in [1.82, 2.24) is 5.32 Å². The second-order valence-corrected chi connectivity index (χ2v) is 7.22. The summed E-state index contributed by atoms with van der Waals surface area (Å²) in [6.07, 6.45) is 0.623. The Morgan fingerprint density at radius 2 is 2.00 bits per heavy atom. The molecular weight excluding hydrogens is 318 g/mol. The van der Waals surface area contributed by atoms with Crippen LogP contribution in [0.15, 0.2) is 36.4 Å². The lowest BCUT2D eigenvalue weighted by Gasteiger charge is -2.15. The molecule has 0 aliphatic rings. The highest BCUT2D eigenvalue weighted by Gasteiger charge is 2.18. The molecule has 0 aliphatic carbocycles. The minimum atomic E-state index is -0.795. The monoisotopic (exact) mass is 337 g/mol. The number of benzene rings is 1. The summed E-state index contributed by atoms with van der Waals surface area (Å²) in [6.45, 7) is 4.61. The molecule has 1 heterocycles. The Hall–Kier alpha value is -1.36. The van der Waals surface area contributed by atoms with Crippen molar-refractivity contribution in [3.8, 4) is 10.4 Å². The van der Waals surface area contributed by atoms with E-state index in [4.69, 9.17) is 11.6 Å². The third-order valence-corrected chi connectivity index (χ3v) is 4.78. The molecule has 0 radical (unpaired) electrons. The van der Waals surface area contributed by atoms with Crippen molar-refractivity contribution in [1.29, 1.82) is 0 Å². The Kier molecular flexibility index (Phi) is 6.00. The lowest BCUT2D eigenvalue weighted by atomic mass is 10.0. The average Bonchev–Trinajstić information content (AvgIpc) is 2.92. The molecule has 0 aliphatic heterocycles. The van der Waals surface area contributed by atoms with Crippen molar-refractivity contribution < 1.29 is 9.90 Å². The second kappa shape index (κ2) is 7.77. The first-order chi connectivity index (χ1) is 10.5. The van der Waals surface area contributed by atoms with E-state index in [2.05, 4.69) is 5.32 Å². The Morgan fingerprint density at radius 3 is 2.64 bits per heavy atom. The van der Waals surface area contributed by atoms with Crippen molar-refractivity contribution in [2.75, 3.05) is 0 Å². The van der Waals surface area contributed by atoms with Crippen LogP contribution in [0.3, 0.4) is 0 Å². The summed E-state index contributed by atoms with van der Waals surface area (Å²) in [6, 6.07) is 11.3. The van der Waals surface area contributed by atoms with Gasteiger partial charge in [-0.1, -0.05) is 43.6 Å². The molecule has 1 unspecified atom stereocenters. The molecule has 1 aromatic carbocycles. The van der Waals surface area contributed by atoms with Crippen molar-refractivity contribution in [2.45, 2.75) is 32.9 Å². The molecule has 5 heteroatoms. The number of aliphatic carboxylic acids is 1. The smallest absolute Gasteiger partial charge is 0.320 e. The summed E-state index contributed by atoms with van der Waals surface area (Å²) in [5, 5.41) is 13.1. The van der Waals surface area contributed by atoms with Crippen molar-refractivity contribution in [3.05, 3.63) is 46.3 Å². The SMILES string of the molecule is CC(C)CC(NCc1ccc(-c2ccccc2Cl)s1)C(=O)O. The number of carboxylic acid groups (broad SMARTS) is 1. The van der Waals surface area contributed by atoms with Crippen LogP contribution in [-0.4, -0.2) is 17.1 Å². The topological polar surface area (TPSA) is 49.3 Å². The molecule has 2 rings (SSSR count). The fourth-order valence-corrected chi connectivity index (χ4v) is 3.54. The van der Waals surface area contributed by atoms with Gasteiger partial charge in [0.05, 0.1) is 0 Å². The van der Waals surface area contributed by atoms with Crippen LogP contribution >= 0.6 is 22.9 Å². The van der Waals surface area contributed by atoms with E-state index in [1.807, 2.05) is 50.2 Å². The predicted octanol–water partition coefficient (Wildman–Crippen LogP) is 4.66. The van der Waals surface area contributed by atoms with Crippen LogP contribution in [0.1, 0.15) is 25.1 Å². The van der Waals surface area contributed by atoms with E-state index in [0.717, 1.165) is 20.3 Å². The summed E-state index contributed by atoms with van der Waals surface area (Å²) in [5.41, 5.74) is 1.01. The summed E-state index contributed by atoms with van der Waals surface area (Å²) in [7, 11) is 0. The first-order valence-electron chi connectivity index (χ1n) is 7.27. The van der Waals surface area contributed by atoms with Gasteiger partial charge in [0.2, 0.25) is 0 Å². The maximum Gasteiger partial charge on any atom is 0.320 e. The van der Waals surface area contributed by atoms with Crippen molar-refractivity contribution in [3.63, 3.8) is 0 Å². The van der Waals surface area contributed by atoms with Gasteiger partial charge in [-0.05, 0) is 30.5 Å². The van der Waals surface area contributed by atoms with Gasteiger partial charge in [0.1, 0.15) is 6.04 Å². The highest BCUT2D eigenvalue weighted by molar-refractivity contribution is 7.15. The fraction of sp³-hybridized carbons (Fsp3) is 0.353. The molecule has 1 atom stereocenters. The average molecular weight is 338 g/mol. The van der Waals surface area contributed by atoms with Gasteiger partial charge in [-0.3, -0.25) is 10.1 Å². The Balaban J connectivity index is 2.03. The molecule has 0 amide bonds. The summed E-state index contributed by atoms with van der Waals surface area (Å²) >= 11 is 7.84. The Labute approximate surface area is 139 Å². The van der Waals surface area contributed by atoms with Crippen LogP contribution in [0.2, 0.25) is 5.02 Å². The third-order valence-electron chi connectivity index (χ3n) is 3.33. The normalized spacial score (nSPS) is 12.5. The molecular formula is C17H20ClNO2S. The molecule has 2 aromatic rings. The number of rotatable bonds is 7. The molecule has 0 bridgehead atoms. The third kappa shape index (κ3) is 4.57. The number of carbonyl (C=O) groups is 1. The van der Waals surface area contributed by atoms with Gasteiger partial charge in [0.25, 0.3) is 0 Å². The van der Waals surface area contributed by atoms with Gasteiger partial charge < -0.3 is 5.11 Å². The van der Waals surface area contributed by atoms with E-state index in [-0.39, 0.29) is 0 Å². The zero-order valence-electron chi connectivity index (χ0n) is 12.7. The number of hydrogen-bond donors (Lipinski definition) is 2. The second-order valence-electron chi connectivity index (χ2n) is 5.65. The lowest BCUT2D eigenvalue weighted by molar-refractivity contribution is -0.140. The van der Waals surface area contributed by atoms with Crippen LogP contribution in [-0.2, 0) is 11.3 Å². The molecule has 118 valence electrons. The lowest BCUT2D eigenvalue weighted by Crippen LogP contribution is -2.37. The van der Waals surface area contributed by atoms with E-state index in [1.54, 1.807) is 11.3 Å². The number of thiophene rings is 1. The molecule has 0 saturated carbocycles. The van der Waals surface area contributed by atoms with Crippen molar-refractivity contribution >= 4 is 28.9 Å². The number of halogens is 1. The van der Waals surface area contributed by atoms with Crippen LogP contribution in [0.25, 0.3) is 10.4 Å². The highest BCUT2D eigenvalue weighted by Crippen LogP contribution is 2.33. The first kappa shape index (κ1) is 17.0. The highest BCUT2D eigenvalue weighted by atomic mass is 35.5.